The van der Waals surface area contributed by atoms with E-state index in [1.165, 1.54) is 5.57 Å². The maximum atomic E-state index is 12.6. The van der Waals surface area contributed by atoms with Gasteiger partial charge in [0.1, 0.15) is 6.10 Å². The van der Waals surface area contributed by atoms with Crippen LogP contribution in [-0.2, 0) is 14.3 Å². The number of hydrogen-bond acceptors (Lipinski definition) is 3. The van der Waals surface area contributed by atoms with Crippen molar-refractivity contribution in [3.63, 3.8) is 0 Å². The number of fused-ring (bicyclic) bond motifs is 2. The standard InChI is InChI=1S/C25H42O3/c1-6-10-22-16-19(3)15-18(2)11-9-13-23-17-21(5)24(27-23)14-8-7-12-20(4)25(26)28-22/h9,11,18,20-24H,3,6-8,10,12-17H2,1-2,4-5H3/b11-9+/t18-,20-,21-,22+,23-,24-/m0/s1. The number of allylic oxidation sites excluding steroid dienone is 1. The molecule has 0 saturated carbocycles. The Bertz CT molecular complexity index is 524. The Balaban J connectivity index is 2.02. The molecule has 6 atom stereocenters. The molecule has 0 spiro atoms. The molecule has 0 N–H and O–H groups in total. The molecule has 1 saturated heterocycles. The van der Waals surface area contributed by atoms with Gasteiger partial charge in [-0.05, 0) is 50.4 Å². The highest BCUT2D eigenvalue weighted by Crippen LogP contribution is 2.32. The molecule has 2 aliphatic heterocycles. The summed E-state index contributed by atoms with van der Waals surface area (Å²) in [5.74, 6) is 1.03. The van der Waals surface area contributed by atoms with Crippen LogP contribution in [-0.4, -0.2) is 24.3 Å². The van der Waals surface area contributed by atoms with Crippen LogP contribution in [0.2, 0.25) is 0 Å². The number of rotatable bonds is 2. The van der Waals surface area contributed by atoms with Crippen LogP contribution in [0.25, 0.3) is 0 Å². The fourth-order valence-electron chi connectivity index (χ4n) is 4.62. The summed E-state index contributed by atoms with van der Waals surface area (Å²) >= 11 is 0. The summed E-state index contributed by atoms with van der Waals surface area (Å²) in [5.41, 5.74) is 1.18. The van der Waals surface area contributed by atoms with E-state index in [4.69, 9.17) is 9.47 Å². The van der Waals surface area contributed by atoms with Crippen molar-refractivity contribution in [3.05, 3.63) is 24.3 Å². The first-order valence-electron chi connectivity index (χ1n) is 11.6. The summed E-state index contributed by atoms with van der Waals surface area (Å²) in [5, 5.41) is 0. The average molecular weight is 391 g/mol. The quantitative estimate of drug-likeness (QED) is 0.392. The zero-order valence-corrected chi connectivity index (χ0v) is 18.6. The van der Waals surface area contributed by atoms with Crippen molar-refractivity contribution < 1.29 is 14.3 Å². The number of esters is 1. The van der Waals surface area contributed by atoms with Gasteiger partial charge in [0.25, 0.3) is 0 Å². The van der Waals surface area contributed by atoms with E-state index in [1.807, 2.05) is 6.92 Å². The van der Waals surface area contributed by atoms with Crippen LogP contribution in [0, 0.1) is 17.8 Å². The first-order valence-corrected chi connectivity index (χ1v) is 11.6. The molecule has 2 heterocycles. The summed E-state index contributed by atoms with van der Waals surface area (Å²) in [6.45, 7) is 13.0. The van der Waals surface area contributed by atoms with Gasteiger partial charge in [0.2, 0.25) is 0 Å². The lowest BCUT2D eigenvalue weighted by Gasteiger charge is -2.22. The van der Waals surface area contributed by atoms with Crippen molar-refractivity contribution in [2.24, 2.45) is 17.8 Å². The molecule has 0 aromatic carbocycles. The fourth-order valence-corrected chi connectivity index (χ4v) is 4.62. The third kappa shape index (κ3) is 7.73. The first kappa shape index (κ1) is 23.2. The summed E-state index contributed by atoms with van der Waals surface area (Å²) in [6, 6.07) is 0. The molecule has 160 valence electrons. The molecule has 0 aliphatic carbocycles. The van der Waals surface area contributed by atoms with Crippen LogP contribution in [0.5, 0.6) is 0 Å². The summed E-state index contributed by atoms with van der Waals surface area (Å²) in [7, 11) is 0. The molecular formula is C25H42O3. The second-order valence-corrected chi connectivity index (χ2v) is 9.34. The Hall–Kier alpha value is -1.09. The van der Waals surface area contributed by atoms with Crippen LogP contribution in [0.3, 0.4) is 0 Å². The molecule has 1 fully saturated rings. The van der Waals surface area contributed by atoms with E-state index in [-0.39, 0.29) is 18.0 Å². The molecule has 2 bridgehead atoms. The maximum absolute atomic E-state index is 12.6. The number of carbonyl (C=O) groups is 1. The topological polar surface area (TPSA) is 35.5 Å². The molecule has 3 heteroatoms. The van der Waals surface area contributed by atoms with Crippen molar-refractivity contribution >= 4 is 5.97 Å². The molecule has 2 aliphatic rings. The minimum absolute atomic E-state index is 0.0207. The van der Waals surface area contributed by atoms with Gasteiger partial charge in [0, 0.05) is 6.42 Å². The lowest BCUT2D eigenvalue weighted by atomic mass is 9.95. The molecule has 0 unspecified atom stereocenters. The van der Waals surface area contributed by atoms with Crippen molar-refractivity contribution in [2.75, 3.05) is 0 Å². The Morgan fingerprint density at radius 2 is 1.89 bits per heavy atom. The molecule has 0 radical (unpaired) electrons. The predicted octanol–water partition coefficient (Wildman–Crippen LogP) is 6.62. The van der Waals surface area contributed by atoms with Crippen LogP contribution < -0.4 is 0 Å². The van der Waals surface area contributed by atoms with Gasteiger partial charge >= 0.3 is 5.97 Å². The predicted molar refractivity (Wildman–Crippen MR) is 116 cm³/mol. The van der Waals surface area contributed by atoms with Gasteiger partial charge in [-0.25, -0.2) is 0 Å². The Labute approximate surface area is 172 Å². The molecule has 3 nitrogen and oxygen atoms in total. The minimum Gasteiger partial charge on any atom is -0.462 e. The van der Waals surface area contributed by atoms with Gasteiger partial charge in [0.15, 0.2) is 0 Å². The van der Waals surface area contributed by atoms with Crippen LogP contribution in [0.1, 0.15) is 91.9 Å². The average Bonchev–Trinajstić information content (AvgIpc) is 2.97. The van der Waals surface area contributed by atoms with Crippen molar-refractivity contribution in [1.82, 2.24) is 0 Å². The van der Waals surface area contributed by atoms with Crippen LogP contribution >= 0.6 is 0 Å². The number of hydrogen-bond donors (Lipinski definition) is 0. The third-order valence-electron chi connectivity index (χ3n) is 6.30. The zero-order chi connectivity index (χ0) is 20.5. The smallest absolute Gasteiger partial charge is 0.308 e. The Morgan fingerprint density at radius 3 is 2.64 bits per heavy atom. The summed E-state index contributed by atoms with van der Waals surface area (Å²) in [4.78, 5) is 12.6. The van der Waals surface area contributed by atoms with Crippen LogP contribution in [0.4, 0.5) is 0 Å². The van der Waals surface area contributed by atoms with E-state index in [9.17, 15) is 4.79 Å². The zero-order valence-electron chi connectivity index (χ0n) is 18.6. The Kier molecular flexibility index (Phi) is 9.77. The highest BCUT2D eigenvalue weighted by molar-refractivity contribution is 5.72. The lowest BCUT2D eigenvalue weighted by molar-refractivity contribution is -0.154. The van der Waals surface area contributed by atoms with E-state index in [1.54, 1.807) is 0 Å². The molecule has 0 aromatic heterocycles. The maximum Gasteiger partial charge on any atom is 0.308 e. The summed E-state index contributed by atoms with van der Waals surface area (Å²) in [6.07, 6.45) is 15.4. The molecule has 28 heavy (non-hydrogen) atoms. The van der Waals surface area contributed by atoms with Crippen molar-refractivity contribution in [3.8, 4) is 0 Å². The first-order chi connectivity index (χ1) is 13.4. The van der Waals surface area contributed by atoms with E-state index >= 15 is 0 Å². The molecule has 0 amide bonds. The Morgan fingerprint density at radius 1 is 1.14 bits per heavy atom. The number of cyclic esters (lactones) is 1. The third-order valence-corrected chi connectivity index (χ3v) is 6.30. The minimum atomic E-state index is -0.0362. The second kappa shape index (κ2) is 11.8. The molecule has 2 rings (SSSR count). The van der Waals surface area contributed by atoms with E-state index in [0.29, 0.717) is 24.0 Å². The summed E-state index contributed by atoms with van der Waals surface area (Å²) < 4.78 is 12.2. The van der Waals surface area contributed by atoms with Crippen molar-refractivity contribution in [1.29, 1.82) is 0 Å². The van der Waals surface area contributed by atoms with Gasteiger partial charge in [-0.2, -0.15) is 0 Å². The van der Waals surface area contributed by atoms with Gasteiger partial charge < -0.3 is 9.47 Å². The van der Waals surface area contributed by atoms with E-state index in [2.05, 4.69) is 39.5 Å². The van der Waals surface area contributed by atoms with E-state index in [0.717, 1.165) is 64.2 Å². The highest BCUT2D eigenvalue weighted by atomic mass is 16.5. The second-order valence-electron chi connectivity index (χ2n) is 9.34. The fraction of sp³-hybridized carbons (Fsp3) is 0.800. The number of carbonyl (C=O) groups excluding carboxylic acids is 1. The molecular weight excluding hydrogens is 348 g/mol. The van der Waals surface area contributed by atoms with Gasteiger partial charge in [-0.15, -0.1) is 0 Å². The lowest BCUT2D eigenvalue weighted by Crippen LogP contribution is -2.23. The highest BCUT2D eigenvalue weighted by Gasteiger charge is 2.31. The van der Waals surface area contributed by atoms with E-state index < -0.39 is 0 Å². The molecule has 0 aromatic rings. The largest absolute Gasteiger partial charge is 0.462 e. The van der Waals surface area contributed by atoms with Crippen molar-refractivity contribution in [2.45, 2.75) is 110 Å². The van der Waals surface area contributed by atoms with Gasteiger partial charge in [-0.3, -0.25) is 4.79 Å². The van der Waals surface area contributed by atoms with Gasteiger partial charge in [0.05, 0.1) is 18.1 Å². The monoisotopic (exact) mass is 390 g/mol. The number of ether oxygens (including phenoxy) is 2. The van der Waals surface area contributed by atoms with Crippen LogP contribution in [0.15, 0.2) is 24.3 Å². The SMILES string of the molecule is C=C1C[C@@H](CCC)OC(=O)[C@@H](C)CCCC[C@@H]2O[C@@H](C/C=C/[C@H](C)C1)C[C@@H]2C. The normalized spacial score (nSPS) is 37.7. The van der Waals surface area contributed by atoms with Gasteiger partial charge in [-0.1, -0.05) is 71.3 Å².